The van der Waals surface area contributed by atoms with E-state index in [4.69, 9.17) is 9.47 Å². The van der Waals surface area contributed by atoms with Gasteiger partial charge in [0.05, 0.1) is 10.6 Å². The molecule has 1 saturated carbocycles. The quantitative estimate of drug-likeness (QED) is 0.414. The summed E-state index contributed by atoms with van der Waals surface area (Å²) in [6, 6.07) is 3.79. The fourth-order valence-electron chi connectivity index (χ4n) is 3.50. The Morgan fingerprint density at radius 1 is 1.28 bits per heavy atom. The van der Waals surface area contributed by atoms with E-state index < -0.39 is 35.9 Å². The molecule has 1 heterocycles. The van der Waals surface area contributed by atoms with Crippen LogP contribution in [0.15, 0.2) is 18.2 Å². The van der Waals surface area contributed by atoms with Gasteiger partial charge in [-0.05, 0) is 24.8 Å². The number of anilines is 1. The first-order chi connectivity index (χ1) is 13.9. The highest BCUT2D eigenvalue weighted by atomic mass is 16.6. The van der Waals surface area contributed by atoms with Crippen molar-refractivity contribution in [3.63, 3.8) is 0 Å². The zero-order valence-electron chi connectivity index (χ0n) is 15.9. The van der Waals surface area contributed by atoms with E-state index in [0.717, 1.165) is 23.8 Å². The number of carbonyl (C=O) groups excluding carboxylic acids is 3. The van der Waals surface area contributed by atoms with Gasteiger partial charge in [0, 0.05) is 18.7 Å². The lowest BCUT2D eigenvalue weighted by Gasteiger charge is -2.28. The number of amides is 2. The molecule has 1 aliphatic heterocycles. The number of fused-ring (bicyclic) bond motifs is 1. The summed E-state index contributed by atoms with van der Waals surface area (Å²) in [5.41, 5.74) is -0.114. The minimum absolute atomic E-state index is 0.120. The molecule has 0 radical (unpaired) electrons. The van der Waals surface area contributed by atoms with Crippen LogP contribution in [0.2, 0.25) is 0 Å². The molecule has 1 N–H and O–H groups in total. The van der Waals surface area contributed by atoms with Crippen molar-refractivity contribution in [2.75, 3.05) is 31.2 Å². The van der Waals surface area contributed by atoms with E-state index in [2.05, 4.69) is 5.32 Å². The van der Waals surface area contributed by atoms with Crippen LogP contribution in [0.25, 0.3) is 0 Å². The lowest BCUT2D eigenvalue weighted by Crippen LogP contribution is -2.43. The van der Waals surface area contributed by atoms with Crippen molar-refractivity contribution in [1.82, 2.24) is 5.32 Å². The molecule has 2 amide bonds. The Bertz CT molecular complexity index is 805. The van der Waals surface area contributed by atoms with Gasteiger partial charge in [0.25, 0.3) is 17.5 Å². The van der Waals surface area contributed by atoms with Crippen LogP contribution >= 0.6 is 0 Å². The number of rotatable bonds is 7. The van der Waals surface area contributed by atoms with Gasteiger partial charge < -0.3 is 14.8 Å². The molecule has 0 spiro atoms. The predicted octanol–water partition coefficient (Wildman–Crippen LogP) is 1.56. The summed E-state index contributed by atoms with van der Waals surface area (Å²) in [4.78, 5) is 47.6. The fourth-order valence-corrected chi connectivity index (χ4v) is 3.50. The van der Waals surface area contributed by atoms with Gasteiger partial charge in [-0.25, -0.2) is 0 Å². The molecule has 1 fully saturated rings. The maximum absolute atomic E-state index is 12.1. The summed E-state index contributed by atoms with van der Waals surface area (Å²) in [6.07, 6.45) is 5.75. The summed E-state index contributed by atoms with van der Waals surface area (Å²) in [5, 5.41) is 13.7. The molecule has 1 aromatic rings. The van der Waals surface area contributed by atoms with E-state index in [0.29, 0.717) is 12.5 Å². The number of nitrogens with zero attached hydrogens (tertiary/aromatic N) is 2. The molecule has 1 aromatic carbocycles. The lowest BCUT2D eigenvalue weighted by molar-refractivity contribution is -0.384. The number of esters is 1. The van der Waals surface area contributed by atoms with Crippen molar-refractivity contribution in [2.45, 2.75) is 32.1 Å². The first kappa shape index (κ1) is 20.6. The van der Waals surface area contributed by atoms with Crippen LogP contribution in [0.1, 0.15) is 32.1 Å². The molecule has 0 unspecified atom stereocenters. The third-order valence-electron chi connectivity index (χ3n) is 5.06. The monoisotopic (exact) mass is 405 g/mol. The van der Waals surface area contributed by atoms with Crippen LogP contribution < -0.4 is 15.0 Å². The highest BCUT2D eigenvalue weighted by molar-refractivity contribution is 6.01. The first-order valence-corrected chi connectivity index (χ1v) is 9.58. The van der Waals surface area contributed by atoms with E-state index in [1.807, 2.05) is 0 Å². The summed E-state index contributed by atoms with van der Waals surface area (Å²) in [7, 11) is 0. The third-order valence-corrected chi connectivity index (χ3v) is 5.06. The SMILES string of the molecule is O=C(COC(=O)CN1C(=O)COc2ccc([N+](=O)[O-])cc21)NCC1CCCCC1. The van der Waals surface area contributed by atoms with Gasteiger partial charge in [-0.15, -0.1) is 0 Å². The highest BCUT2D eigenvalue weighted by Gasteiger charge is 2.29. The molecular weight excluding hydrogens is 382 g/mol. The van der Waals surface area contributed by atoms with E-state index in [1.54, 1.807) is 0 Å². The van der Waals surface area contributed by atoms with E-state index >= 15 is 0 Å². The number of nitro groups is 1. The van der Waals surface area contributed by atoms with Gasteiger partial charge in [0.15, 0.2) is 13.2 Å². The second-order valence-electron chi connectivity index (χ2n) is 7.15. The molecule has 29 heavy (non-hydrogen) atoms. The number of hydrogen-bond donors (Lipinski definition) is 1. The van der Waals surface area contributed by atoms with Crippen molar-refractivity contribution < 1.29 is 28.8 Å². The second kappa shape index (κ2) is 9.35. The molecule has 3 rings (SSSR count). The van der Waals surface area contributed by atoms with Crippen LogP contribution in [0.5, 0.6) is 5.75 Å². The molecular formula is C19H23N3O7. The van der Waals surface area contributed by atoms with Crippen molar-refractivity contribution in [1.29, 1.82) is 0 Å². The molecule has 10 nitrogen and oxygen atoms in total. The van der Waals surface area contributed by atoms with Gasteiger partial charge >= 0.3 is 5.97 Å². The number of carbonyl (C=O) groups is 3. The van der Waals surface area contributed by atoms with Crippen molar-refractivity contribution in [2.24, 2.45) is 5.92 Å². The number of benzene rings is 1. The zero-order valence-corrected chi connectivity index (χ0v) is 15.9. The largest absolute Gasteiger partial charge is 0.482 e. The average Bonchev–Trinajstić information content (AvgIpc) is 2.73. The molecule has 10 heteroatoms. The molecule has 0 saturated heterocycles. The molecule has 0 aromatic heterocycles. The Kier molecular flexibility index (Phi) is 6.63. The van der Waals surface area contributed by atoms with E-state index in [-0.39, 0.29) is 23.7 Å². The van der Waals surface area contributed by atoms with Gasteiger partial charge in [-0.1, -0.05) is 19.3 Å². The Hall–Kier alpha value is -3.17. The summed E-state index contributed by atoms with van der Waals surface area (Å²) in [6.45, 7) is -0.631. The fraction of sp³-hybridized carbons (Fsp3) is 0.526. The maximum Gasteiger partial charge on any atom is 0.326 e. The van der Waals surface area contributed by atoms with Gasteiger partial charge in [0.2, 0.25) is 0 Å². The third kappa shape index (κ3) is 5.43. The first-order valence-electron chi connectivity index (χ1n) is 9.58. The van der Waals surface area contributed by atoms with E-state index in [9.17, 15) is 24.5 Å². The average molecular weight is 405 g/mol. The van der Waals surface area contributed by atoms with Crippen molar-refractivity contribution in [3.8, 4) is 5.75 Å². The van der Waals surface area contributed by atoms with Crippen molar-refractivity contribution in [3.05, 3.63) is 28.3 Å². The standard InChI is InChI=1S/C19H23N3O7/c23-17(20-9-13-4-2-1-3-5-13)11-29-19(25)10-21-15-8-14(22(26)27)6-7-16(15)28-12-18(21)24/h6-8,13H,1-5,9-12H2,(H,20,23). The van der Waals surface area contributed by atoms with Crippen LogP contribution in [-0.2, 0) is 19.1 Å². The number of non-ortho nitro benzene ring substituents is 1. The minimum atomic E-state index is -0.787. The van der Waals surface area contributed by atoms with Gasteiger partial charge in [-0.3, -0.25) is 29.4 Å². The number of ether oxygens (including phenoxy) is 2. The lowest BCUT2D eigenvalue weighted by atomic mass is 9.89. The molecule has 0 atom stereocenters. The molecule has 2 aliphatic rings. The van der Waals surface area contributed by atoms with Crippen LogP contribution in [-0.4, -0.2) is 49.0 Å². The minimum Gasteiger partial charge on any atom is -0.482 e. The Morgan fingerprint density at radius 2 is 2.03 bits per heavy atom. The van der Waals surface area contributed by atoms with Gasteiger partial charge in [0.1, 0.15) is 12.3 Å². The Labute approximate surface area is 167 Å². The summed E-state index contributed by atoms with van der Waals surface area (Å²) >= 11 is 0. The zero-order chi connectivity index (χ0) is 20.8. The van der Waals surface area contributed by atoms with Crippen LogP contribution in [0.3, 0.4) is 0 Å². The Balaban J connectivity index is 1.52. The smallest absolute Gasteiger partial charge is 0.326 e. The summed E-state index contributed by atoms with van der Waals surface area (Å²) in [5.74, 6) is -0.995. The number of nitrogens with one attached hydrogen (secondary N) is 1. The van der Waals surface area contributed by atoms with Crippen LogP contribution in [0, 0.1) is 16.0 Å². The number of hydrogen-bond acceptors (Lipinski definition) is 7. The number of nitro benzene ring substituents is 1. The topological polar surface area (TPSA) is 128 Å². The molecule has 0 bridgehead atoms. The van der Waals surface area contributed by atoms with Gasteiger partial charge in [-0.2, -0.15) is 0 Å². The van der Waals surface area contributed by atoms with Crippen molar-refractivity contribution >= 4 is 29.2 Å². The van der Waals surface area contributed by atoms with Crippen LogP contribution in [0.4, 0.5) is 11.4 Å². The highest BCUT2D eigenvalue weighted by Crippen LogP contribution is 2.35. The maximum atomic E-state index is 12.1. The Morgan fingerprint density at radius 3 is 2.76 bits per heavy atom. The summed E-state index contributed by atoms with van der Waals surface area (Å²) < 4.78 is 10.2. The molecule has 156 valence electrons. The normalized spacial score (nSPS) is 16.6. The molecule has 1 aliphatic carbocycles. The van der Waals surface area contributed by atoms with E-state index in [1.165, 1.54) is 31.4 Å². The second-order valence-corrected chi connectivity index (χ2v) is 7.15. The predicted molar refractivity (Wildman–Crippen MR) is 101 cm³/mol.